The van der Waals surface area contributed by atoms with Crippen LogP contribution in [0.3, 0.4) is 0 Å². The first-order chi connectivity index (χ1) is 13.3. The van der Waals surface area contributed by atoms with Gasteiger partial charge in [-0.15, -0.1) is 0 Å². The summed E-state index contributed by atoms with van der Waals surface area (Å²) < 4.78 is 0. The van der Waals surface area contributed by atoms with Crippen molar-refractivity contribution in [2.45, 2.75) is 51.4 Å². The molecule has 0 bridgehead atoms. The van der Waals surface area contributed by atoms with Crippen LogP contribution in [-0.2, 0) is 14.4 Å². The van der Waals surface area contributed by atoms with E-state index in [0.29, 0.717) is 12.8 Å². The highest BCUT2D eigenvalue weighted by Gasteiger charge is 2.62. The molecule has 1 spiro atoms. The number of carbonyl (C=O) groups excluding carboxylic acids is 3. The second kappa shape index (κ2) is 6.80. The number of hydrogen-bond acceptors (Lipinski definition) is 3. The minimum absolute atomic E-state index is 0.00366. The maximum absolute atomic E-state index is 13.7. The average molecular weight is 374 g/mol. The molecule has 0 radical (unpaired) electrons. The van der Waals surface area contributed by atoms with Crippen LogP contribution in [-0.4, -0.2) is 17.3 Å². The molecule has 0 aromatic heterocycles. The fourth-order valence-corrected chi connectivity index (χ4v) is 5.39. The van der Waals surface area contributed by atoms with Crippen molar-refractivity contribution in [3.8, 4) is 0 Å². The standard InChI is InChI=1S/C25H26O3/c1-24(2)15-22(27)25(23(28)16-24)20(17-9-5-3-6-10-17)13-19(26)14-21(25)18-11-7-4-8-12-18/h3-12,20-21H,13-16H2,1-2H3/t20-,21+. The molecule has 3 heteroatoms. The van der Waals surface area contributed by atoms with Gasteiger partial charge >= 0.3 is 0 Å². The van der Waals surface area contributed by atoms with Crippen molar-refractivity contribution in [2.24, 2.45) is 10.8 Å². The molecule has 3 nitrogen and oxygen atoms in total. The van der Waals surface area contributed by atoms with Gasteiger partial charge in [-0.1, -0.05) is 74.5 Å². The zero-order valence-corrected chi connectivity index (χ0v) is 16.5. The zero-order valence-electron chi connectivity index (χ0n) is 16.5. The van der Waals surface area contributed by atoms with E-state index in [4.69, 9.17) is 0 Å². The molecule has 2 fully saturated rings. The van der Waals surface area contributed by atoms with Crippen LogP contribution >= 0.6 is 0 Å². The Labute approximate surface area is 166 Å². The van der Waals surface area contributed by atoms with Crippen LogP contribution in [0.1, 0.15) is 62.5 Å². The largest absolute Gasteiger partial charge is 0.300 e. The third-order valence-electron chi connectivity index (χ3n) is 6.57. The molecule has 2 aromatic carbocycles. The van der Waals surface area contributed by atoms with Gasteiger partial charge in [-0.2, -0.15) is 0 Å². The van der Waals surface area contributed by atoms with E-state index in [1.807, 2.05) is 74.5 Å². The van der Waals surface area contributed by atoms with E-state index in [9.17, 15) is 14.4 Å². The fourth-order valence-electron chi connectivity index (χ4n) is 5.39. The number of rotatable bonds is 2. The predicted molar refractivity (Wildman–Crippen MR) is 108 cm³/mol. The van der Waals surface area contributed by atoms with Gasteiger partial charge in [-0.3, -0.25) is 14.4 Å². The van der Waals surface area contributed by atoms with E-state index in [1.165, 1.54) is 0 Å². The van der Waals surface area contributed by atoms with Crippen molar-refractivity contribution in [1.29, 1.82) is 0 Å². The molecule has 0 aliphatic heterocycles. The Kier molecular flexibility index (Phi) is 4.57. The van der Waals surface area contributed by atoms with Crippen LogP contribution in [0, 0.1) is 10.8 Å². The van der Waals surface area contributed by atoms with Crippen LogP contribution in [0.2, 0.25) is 0 Å². The Morgan fingerprint density at radius 2 is 1.07 bits per heavy atom. The third-order valence-corrected chi connectivity index (χ3v) is 6.57. The second-order valence-electron chi connectivity index (χ2n) is 9.11. The summed E-state index contributed by atoms with van der Waals surface area (Å²) in [6.07, 6.45) is 1.26. The molecular weight excluding hydrogens is 348 g/mol. The summed E-state index contributed by atoms with van der Waals surface area (Å²) in [7, 11) is 0. The lowest BCUT2D eigenvalue weighted by molar-refractivity contribution is -0.155. The molecule has 28 heavy (non-hydrogen) atoms. The molecule has 0 saturated heterocycles. The molecular formula is C25H26O3. The van der Waals surface area contributed by atoms with Crippen LogP contribution in [0.25, 0.3) is 0 Å². The number of Topliss-reactive ketones (excluding diaryl/α,β-unsaturated/α-hetero) is 3. The highest BCUT2D eigenvalue weighted by molar-refractivity contribution is 6.13. The quantitative estimate of drug-likeness (QED) is 0.705. The van der Waals surface area contributed by atoms with Gasteiger partial charge < -0.3 is 0 Å². The van der Waals surface area contributed by atoms with E-state index in [1.54, 1.807) is 0 Å². The smallest absolute Gasteiger partial charge is 0.148 e. The molecule has 0 amide bonds. The van der Waals surface area contributed by atoms with Crippen LogP contribution in [0.15, 0.2) is 60.7 Å². The van der Waals surface area contributed by atoms with Crippen molar-refractivity contribution in [1.82, 2.24) is 0 Å². The van der Waals surface area contributed by atoms with E-state index >= 15 is 0 Å². The first-order valence-electron chi connectivity index (χ1n) is 10.0. The third kappa shape index (κ3) is 2.94. The van der Waals surface area contributed by atoms with E-state index in [2.05, 4.69) is 0 Å². The summed E-state index contributed by atoms with van der Waals surface area (Å²) in [6, 6.07) is 19.3. The summed E-state index contributed by atoms with van der Waals surface area (Å²) in [4.78, 5) is 40.3. The van der Waals surface area contributed by atoms with Gasteiger partial charge in [-0.05, 0) is 16.5 Å². The van der Waals surface area contributed by atoms with Gasteiger partial charge in [0.2, 0.25) is 0 Å². The van der Waals surface area contributed by atoms with Gasteiger partial charge in [0.15, 0.2) is 0 Å². The van der Waals surface area contributed by atoms with Gasteiger partial charge in [0.1, 0.15) is 22.8 Å². The number of carbonyl (C=O) groups is 3. The highest BCUT2D eigenvalue weighted by atomic mass is 16.2. The van der Waals surface area contributed by atoms with E-state index in [0.717, 1.165) is 11.1 Å². The fraction of sp³-hybridized carbons (Fsp3) is 0.400. The monoisotopic (exact) mass is 374 g/mol. The summed E-state index contributed by atoms with van der Waals surface area (Å²) in [5.41, 5.74) is 0.353. The van der Waals surface area contributed by atoms with Crippen LogP contribution in [0.4, 0.5) is 0 Å². The molecule has 2 atom stereocenters. The average Bonchev–Trinajstić information content (AvgIpc) is 2.67. The van der Waals surface area contributed by atoms with E-state index in [-0.39, 0.29) is 35.6 Å². The van der Waals surface area contributed by atoms with Crippen molar-refractivity contribution in [2.75, 3.05) is 0 Å². The minimum Gasteiger partial charge on any atom is -0.300 e. The maximum atomic E-state index is 13.7. The lowest BCUT2D eigenvalue weighted by Crippen LogP contribution is -2.57. The molecule has 0 N–H and O–H groups in total. The molecule has 2 aliphatic carbocycles. The molecule has 0 heterocycles. The lowest BCUT2D eigenvalue weighted by atomic mass is 9.48. The lowest BCUT2D eigenvalue weighted by Gasteiger charge is -2.51. The summed E-state index contributed by atoms with van der Waals surface area (Å²) in [5.74, 6) is -0.654. The molecule has 4 rings (SSSR count). The van der Waals surface area contributed by atoms with Crippen molar-refractivity contribution in [3.05, 3.63) is 71.8 Å². The maximum Gasteiger partial charge on any atom is 0.148 e. The SMILES string of the molecule is CC1(C)CC(=O)C2(C(=O)C1)[C@@H](c1ccccc1)CC(=O)C[C@H]2c1ccccc1. The summed E-state index contributed by atoms with van der Waals surface area (Å²) in [6.45, 7) is 3.97. The Hall–Kier alpha value is -2.55. The first kappa shape index (κ1) is 18.8. The Balaban J connectivity index is 1.94. The van der Waals surface area contributed by atoms with Gasteiger partial charge in [0.05, 0.1) is 0 Å². The zero-order chi connectivity index (χ0) is 19.9. The highest BCUT2D eigenvalue weighted by Crippen LogP contribution is 2.59. The summed E-state index contributed by atoms with van der Waals surface area (Å²) in [5, 5.41) is 0. The van der Waals surface area contributed by atoms with Crippen LogP contribution in [0.5, 0.6) is 0 Å². The van der Waals surface area contributed by atoms with Gasteiger partial charge in [0.25, 0.3) is 0 Å². The Morgan fingerprint density at radius 3 is 1.46 bits per heavy atom. The van der Waals surface area contributed by atoms with Gasteiger partial charge in [-0.25, -0.2) is 0 Å². The Morgan fingerprint density at radius 1 is 0.679 bits per heavy atom. The number of hydrogen-bond donors (Lipinski definition) is 0. The van der Waals surface area contributed by atoms with E-state index < -0.39 is 17.3 Å². The van der Waals surface area contributed by atoms with Crippen LogP contribution < -0.4 is 0 Å². The molecule has 0 unspecified atom stereocenters. The predicted octanol–water partition coefficient (Wildman–Crippen LogP) is 4.86. The normalized spacial score (nSPS) is 26.4. The van der Waals surface area contributed by atoms with Crippen molar-refractivity contribution >= 4 is 17.3 Å². The van der Waals surface area contributed by atoms with Gasteiger partial charge in [0, 0.05) is 37.5 Å². The summed E-state index contributed by atoms with van der Waals surface area (Å²) >= 11 is 0. The van der Waals surface area contributed by atoms with Crippen molar-refractivity contribution in [3.63, 3.8) is 0 Å². The topological polar surface area (TPSA) is 51.2 Å². The first-order valence-corrected chi connectivity index (χ1v) is 10.0. The second-order valence-corrected chi connectivity index (χ2v) is 9.11. The molecule has 144 valence electrons. The van der Waals surface area contributed by atoms with Crippen molar-refractivity contribution < 1.29 is 14.4 Å². The molecule has 2 saturated carbocycles. The molecule has 2 aromatic rings. The minimum atomic E-state index is -1.15. The molecule has 2 aliphatic rings. The number of benzene rings is 2. The Bertz CT molecular complexity index is 838. The number of ketones is 3.